The summed E-state index contributed by atoms with van der Waals surface area (Å²) in [5, 5.41) is 4.05. The number of aromatic nitrogens is 2. The van der Waals surface area contributed by atoms with Gasteiger partial charge < -0.3 is 19.4 Å². The molecule has 1 saturated carbocycles. The minimum absolute atomic E-state index is 0.113. The van der Waals surface area contributed by atoms with Crippen LogP contribution in [0.2, 0.25) is 0 Å². The third-order valence-electron chi connectivity index (χ3n) is 7.67. The van der Waals surface area contributed by atoms with E-state index in [1.54, 1.807) is 41.9 Å². The molecule has 0 radical (unpaired) electrons. The molecule has 0 unspecified atom stereocenters. The number of benzene rings is 2. The van der Waals surface area contributed by atoms with Crippen molar-refractivity contribution in [3.63, 3.8) is 0 Å². The number of rotatable bonds is 7. The van der Waals surface area contributed by atoms with Crippen molar-refractivity contribution in [2.75, 3.05) is 14.2 Å². The van der Waals surface area contributed by atoms with E-state index in [-0.39, 0.29) is 53.0 Å². The van der Waals surface area contributed by atoms with Crippen molar-refractivity contribution in [1.82, 2.24) is 14.5 Å². The molecule has 1 amide bonds. The summed E-state index contributed by atoms with van der Waals surface area (Å²) < 4.78 is 13.7. The van der Waals surface area contributed by atoms with Crippen molar-refractivity contribution in [2.24, 2.45) is 13.0 Å². The van der Waals surface area contributed by atoms with E-state index in [4.69, 9.17) is 9.47 Å². The number of para-hydroxylation sites is 1. The van der Waals surface area contributed by atoms with E-state index in [1.807, 2.05) is 24.3 Å². The van der Waals surface area contributed by atoms with Gasteiger partial charge in [0.2, 0.25) is 0 Å². The highest BCUT2D eigenvalue weighted by molar-refractivity contribution is 6.12. The molecule has 2 aromatic carbocycles. The van der Waals surface area contributed by atoms with E-state index >= 15 is 0 Å². The zero-order valence-corrected chi connectivity index (χ0v) is 22.2. The highest BCUT2D eigenvalue weighted by Gasteiger charge is 2.31. The molecule has 2 aromatic heterocycles. The predicted octanol–water partition coefficient (Wildman–Crippen LogP) is 3.85. The quantitative estimate of drug-likeness (QED) is 0.288. The molecule has 1 aliphatic carbocycles. The van der Waals surface area contributed by atoms with Crippen molar-refractivity contribution in [2.45, 2.75) is 38.3 Å². The van der Waals surface area contributed by atoms with Gasteiger partial charge in [-0.1, -0.05) is 48.5 Å². The van der Waals surface area contributed by atoms with Crippen LogP contribution in [0, 0.1) is 5.92 Å². The second-order valence-corrected chi connectivity index (χ2v) is 9.91. The van der Waals surface area contributed by atoms with Crippen LogP contribution in [-0.4, -0.2) is 47.1 Å². The number of aryl methyl sites for hydroxylation is 1. The van der Waals surface area contributed by atoms with Crippen molar-refractivity contribution >= 4 is 39.5 Å². The first-order valence-electron chi connectivity index (χ1n) is 13.0. The zero-order valence-electron chi connectivity index (χ0n) is 22.2. The van der Waals surface area contributed by atoms with Crippen LogP contribution in [0.4, 0.5) is 0 Å². The maximum atomic E-state index is 13.9. The Morgan fingerprint density at radius 2 is 1.62 bits per heavy atom. The first-order valence-corrected chi connectivity index (χ1v) is 13.0. The Morgan fingerprint density at radius 1 is 0.949 bits per heavy atom. The highest BCUT2D eigenvalue weighted by atomic mass is 16.5. The third-order valence-corrected chi connectivity index (χ3v) is 7.67. The molecule has 0 saturated heterocycles. The Morgan fingerprint density at radius 3 is 2.28 bits per heavy atom. The Balaban J connectivity index is 1.56. The van der Waals surface area contributed by atoms with Crippen molar-refractivity contribution in [3.8, 4) is 5.75 Å². The van der Waals surface area contributed by atoms with Crippen LogP contribution in [0.25, 0.3) is 21.8 Å². The summed E-state index contributed by atoms with van der Waals surface area (Å²) >= 11 is 0. The molecule has 1 N–H and O–H groups in total. The van der Waals surface area contributed by atoms with Crippen LogP contribution in [0.1, 0.15) is 46.5 Å². The Labute approximate surface area is 225 Å². The molecule has 0 spiro atoms. The molecule has 9 nitrogen and oxygen atoms in total. The van der Waals surface area contributed by atoms with E-state index < -0.39 is 5.56 Å². The lowest BCUT2D eigenvalue weighted by Crippen LogP contribution is -2.39. The van der Waals surface area contributed by atoms with Gasteiger partial charge >= 0.3 is 5.97 Å². The number of carbonyl (C=O) groups excluding carboxylic acids is 3. The number of esters is 1. The predicted molar refractivity (Wildman–Crippen MR) is 147 cm³/mol. The fraction of sp³-hybridized carbons (Fsp3) is 0.333. The molecule has 1 fully saturated rings. The summed E-state index contributed by atoms with van der Waals surface area (Å²) in [5.41, 5.74) is 1.50. The van der Waals surface area contributed by atoms with Crippen LogP contribution >= 0.6 is 0 Å². The van der Waals surface area contributed by atoms with E-state index in [2.05, 4.69) is 5.32 Å². The smallest absolute Gasteiger partial charge is 0.308 e. The monoisotopic (exact) mass is 529 g/mol. The number of hydrogen-bond acceptors (Lipinski definition) is 6. The number of pyridine rings is 1. The first-order chi connectivity index (χ1) is 18.8. The largest absolute Gasteiger partial charge is 0.493 e. The molecular weight excluding hydrogens is 498 g/mol. The Hall–Kier alpha value is -4.40. The number of nitrogens with zero attached hydrogens (tertiary/aromatic N) is 2. The van der Waals surface area contributed by atoms with Crippen LogP contribution in [-0.2, 0) is 23.1 Å². The van der Waals surface area contributed by atoms with Crippen LogP contribution < -0.4 is 15.6 Å². The lowest BCUT2D eigenvalue weighted by atomic mass is 9.86. The summed E-state index contributed by atoms with van der Waals surface area (Å²) in [6, 6.07) is 16.1. The molecule has 0 bridgehead atoms. The van der Waals surface area contributed by atoms with Gasteiger partial charge in [0.05, 0.1) is 37.7 Å². The summed E-state index contributed by atoms with van der Waals surface area (Å²) in [6.07, 6.45) is 2.56. The second kappa shape index (κ2) is 10.8. The number of amides is 1. The minimum atomic E-state index is -0.405. The number of carbonyl (C=O) groups is 3. The molecule has 39 heavy (non-hydrogen) atoms. The maximum absolute atomic E-state index is 13.9. The lowest BCUT2D eigenvalue weighted by Gasteiger charge is -2.27. The number of hydrogen-bond donors (Lipinski definition) is 1. The summed E-state index contributed by atoms with van der Waals surface area (Å²) in [6.45, 7) is -0.150. The van der Waals surface area contributed by atoms with Gasteiger partial charge in [0.25, 0.3) is 11.5 Å². The molecule has 1 aliphatic rings. The number of fused-ring (bicyclic) bond motifs is 3. The van der Waals surface area contributed by atoms with Gasteiger partial charge in [-0.2, -0.15) is 0 Å². The molecule has 4 aromatic rings. The van der Waals surface area contributed by atoms with Crippen molar-refractivity contribution in [3.05, 3.63) is 76.2 Å². The van der Waals surface area contributed by atoms with Crippen LogP contribution in [0.5, 0.6) is 5.75 Å². The number of methoxy groups -OCH3 is 2. The summed E-state index contributed by atoms with van der Waals surface area (Å²) in [7, 11) is 4.55. The van der Waals surface area contributed by atoms with E-state index in [1.165, 1.54) is 18.8 Å². The average molecular weight is 530 g/mol. The lowest BCUT2D eigenvalue weighted by molar-refractivity contribution is -0.146. The minimum Gasteiger partial charge on any atom is -0.493 e. The normalized spacial score (nSPS) is 17.2. The summed E-state index contributed by atoms with van der Waals surface area (Å²) in [5.74, 6) is -0.757. The Kier molecular flexibility index (Phi) is 7.24. The fourth-order valence-electron chi connectivity index (χ4n) is 5.69. The standard InChI is InChI=1S/C30H31N3O6/c1-32-25-21-11-7-8-12-22(21)33(17-23(34)18-9-5-4-6-10-18)29(36)24(25)27(38-2)26(32)28(35)31-20-15-13-19(14-16-20)30(37)39-3/h4-12,19-20H,13-17H2,1-3H3,(H,31,35). The van der Waals surface area contributed by atoms with E-state index in [9.17, 15) is 19.2 Å². The molecule has 0 aliphatic heterocycles. The zero-order chi connectivity index (χ0) is 27.7. The molecule has 202 valence electrons. The van der Waals surface area contributed by atoms with Gasteiger partial charge in [0.1, 0.15) is 5.39 Å². The molecule has 9 heteroatoms. The van der Waals surface area contributed by atoms with Gasteiger partial charge in [0.15, 0.2) is 17.2 Å². The number of Topliss-reactive ketones (excluding diaryl/α,β-unsaturated/α-hetero) is 1. The number of ketones is 1. The molecule has 2 heterocycles. The van der Waals surface area contributed by atoms with Gasteiger partial charge in [-0.05, 0) is 31.7 Å². The van der Waals surface area contributed by atoms with Crippen LogP contribution in [0.3, 0.4) is 0 Å². The molecule has 0 atom stereocenters. The SMILES string of the molecule is COC(=O)C1CCC(NC(=O)c2c(OC)c3c(=O)n(CC(=O)c4ccccc4)c4ccccc4c3n2C)CC1. The topological polar surface area (TPSA) is 109 Å². The van der Waals surface area contributed by atoms with Gasteiger partial charge in [-0.25, -0.2) is 0 Å². The van der Waals surface area contributed by atoms with Crippen LogP contribution in [0.15, 0.2) is 59.4 Å². The summed E-state index contributed by atoms with van der Waals surface area (Å²) in [4.78, 5) is 52.5. The number of nitrogens with one attached hydrogen (secondary N) is 1. The first kappa shape index (κ1) is 26.2. The highest BCUT2D eigenvalue weighted by Crippen LogP contribution is 2.35. The molecule has 5 rings (SSSR count). The second-order valence-electron chi connectivity index (χ2n) is 9.91. The third kappa shape index (κ3) is 4.69. The van der Waals surface area contributed by atoms with Gasteiger partial charge in [-0.3, -0.25) is 23.7 Å². The average Bonchev–Trinajstić information content (AvgIpc) is 3.28. The van der Waals surface area contributed by atoms with E-state index in [0.29, 0.717) is 42.3 Å². The van der Waals surface area contributed by atoms with E-state index in [0.717, 1.165) is 5.39 Å². The maximum Gasteiger partial charge on any atom is 0.308 e. The number of ether oxygens (including phenoxy) is 2. The van der Waals surface area contributed by atoms with Gasteiger partial charge in [-0.15, -0.1) is 0 Å². The molecular formula is C30H31N3O6. The Bertz CT molecular complexity index is 1630. The van der Waals surface area contributed by atoms with Crippen molar-refractivity contribution < 1.29 is 23.9 Å². The van der Waals surface area contributed by atoms with Gasteiger partial charge in [0, 0.05) is 24.0 Å². The van der Waals surface area contributed by atoms with Crippen molar-refractivity contribution in [1.29, 1.82) is 0 Å². The fourth-order valence-corrected chi connectivity index (χ4v) is 5.69.